The molecule has 0 spiro atoms. The summed E-state index contributed by atoms with van der Waals surface area (Å²) in [6.45, 7) is 3.37. The number of nitrogens with zero attached hydrogens (tertiary/aromatic N) is 4. The molecule has 32 heavy (non-hydrogen) atoms. The van der Waals surface area contributed by atoms with E-state index in [-0.39, 0.29) is 23.9 Å². The van der Waals surface area contributed by atoms with Crippen LogP contribution in [-0.2, 0) is 4.79 Å². The molecular formula is C23H32N6O3. The molecule has 1 aromatic carbocycles. The third-order valence-corrected chi connectivity index (χ3v) is 6.36. The molecule has 1 atom stereocenters. The summed E-state index contributed by atoms with van der Waals surface area (Å²) in [6, 6.07) is 8.84. The number of likely N-dealkylation sites (tertiary alicyclic amines) is 2. The van der Waals surface area contributed by atoms with Gasteiger partial charge in [0.25, 0.3) is 0 Å². The number of ether oxygens (including phenoxy) is 1. The molecule has 4 rings (SSSR count). The van der Waals surface area contributed by atoms with Crippen LogP contribution in [0.5, 0.6) is 5.75 Å². The minimum atomic E-state index is -0.356. The summed E-state index contributed by atoms with van der Waals surface area (Å²) in [5.41, 5.74) is 0.596. The molecule has 3 amide bonds. The van der Waals surface area contributed by atoms with Crippen LogP contribution < -0.4 is 15.4 Å². The van der Waals surface area contributed by atoms with Crippen molar-refractivity contribution in [2.24, 2.45) is 5.92 Å². The number of aromatic nitrogens is 2. The molecule has 2 fully saturated rings. The van der Waals surface area contributed by atoms with Crippen LogP contribution in [0, 0.1) is 5.92 Å². The second-order valence-corrected chi connectivity index (χ2v) is 8.60. The van der Waals surface area contributed by atoms with Crippen molar-refractivity contribution in [2.75, 3.05) is 51.0 Å². The molecule has 2 aromatic rings. The summed E-state index contributed by atoms with van der Waals surface area (Å²) in [5.74, 6) is 1.63. The largest absolute Gasteiger partial charge is 0.495 e. The van der Waals surface area contributed by atoms with Crippen LogP contribution in [0.3, 0.4) is 0 Å². The Kier molecular flexibility index (Phi) is 6.94. The van der Waals surface area contributed by atoms with Gasteiger partial charge in [-0.25, -0.2) is 9.48 Å². The minimum Gasteiger partial charge on any atom is -0.495 e. The van der Waals surface area contributed by atoms with Crippen molar-refractivity contribution in [2.45, 2.75) is 31.7 Å². The van der Waals surface area contributed by atoms with E-state index >= 15 is 0 Å². The van der Waals surface area contributed by atoms with E-state index in [1.807, 2.05) is 21.7 Å². The van der Waals surface area contributed by atoms with Gasteiger partial charge in [-0.3, -0.25) is 10.1 Å². The number of hydrogen-bond donors (Lipinski definition) is 2. The quantitative estimate of drug-likeness (QED) is 0.746. The number of nitrogens with one attached hydrogen (secondary N) is 2. The van der Waals surface area contributed by atoms with Crippen molar-refractivity contribution in [3.05, 3.63) is 36.5 Å². The fourth-order valence-corrected chi connectivity index (χ4v) is 4.68. The summed E-state index contributed by atoms with van der Waals surface area (Å²) >= 11 is 0. The molecule has 0 unspecified atom stereocenters. The Hall–Kier alpha value is -3.07. The van der Waals surface area contributed by atoms with Crippen LogP contribution in [0.1, 0.15) is 31.7 Å². The number of anilines is 2. The maximum atomic E-state index is 12.9. The van der Waals surface area contributed by atoms with Gasteiger partial charge in [0.1, 0.15) is 11.6 Å². The number of para-hydroxylation sites is 2. The first kappa shape index (κ1) is 22.1. The van der Waals surface area contributed by atoms with Gasteiger partial charge in [-0.1, -0.05) is 12.1 Å². The van der Waals surface area contributed by atoms with Gasteiger partial charge in [-0.2, -0.15) is 5.10 Å². The topological polar surface area (TPSA) is 91.7 Å². The Morgan fingerprint density at radius 2 is 1.84 bits per heavy atom. The number of carbonyl (C=O) groups excluding carboxylic acids is 2. The van der Waals surface area contributed by atoms with E-state index < -0.39 is 0 Å². The molecular weight excluding hydrogens is 408 g/mol. The highest BCUT2D eigenvalue weighted by molar-refractivity contribution is 6.00. The van der Waals surface area contributed by atoms with E-state index in [0.29, 0.717) is 17.3 Å². The van der Waals surface area contributed by atoms with E-state index in [9.17, 15) is 9.59 Å². The first-order chi connectivity index (χ1) is 15.5. The van der Waals surface area contributed by atoms with E-state index in [2.05, 4.69) is 27.7 Å². The van der Waals surface area contributed by atoms with Gasteiger partial charge in [0.05, 0.1) is 31.0 Å². The second kappa shape index (κ2) is 10.0. The number of carbonyl (C=O) groups is 2. The lowest BCUT2D eigenvalue weighted by atomic mass is 9.95. The van der Waals surface area contributed by atoms with Gasteiger partial charge in [0.2, 0.25) is 5.91 Å². The van der Waals surface area contributed by atoms with Crippen molar-refractivity contribution in [3.63, 3.8) is 0 Å². The van der Waals surface area contributed by atoms with Gasteiger partial charge in [-0.05, 0) is 51.4 Å². The maximum absolute atomic E-state index is 12.9. The van der Waals surface area contributed by atoms with E-state index in [4.69, 9.17) is 4.74 Å². The Bertz CT molecular complexity index is 937. The highest BCUT2D eigenvalue weighted by atomic mass is 16.5. The summed E-state index contributed by atoms with van der Waals surface area (Å²) in [7, 11) is 3.65. The van der Waals surface area contributed by atoms with Crippen molar-refractivity contribution in [1.29, 1.82) is 0 Å². The molecule has 172 valence electrons. The highest BCUT2D eigenvalue weighted by Gasteiger charge is 2.31. The second-order valence-electron chi connectivity index (χ2n) is 8.60. The third-order valence-electron chi connectivity index (χ3n) is 6.36. The number of hydrogen-bond acceptors (Lipinski definition) is 5. The monoisotopic (exact) mass is 440 g/mol. The van der Waals surface area contributed by atoms with E-state index in [1.165, 1.54) is 0 Å². The molecule has 0 aliphatic carbocycles. The SMILES string of the molecule is COc1ccccc1NC(=O)Nc1ccnn1C1CCN(C(=O)[C@@H]2CCCN(C)C2)CC1. The molecule has 3 heterocycles. The molecule has 1 aromatic heterocycles. The van der Waals surface area contributed by atoms with E-state index in [1.54, 1.807) is 31.5 Å². The van der Waals surface area contributed by atoms with Gasteiger partial charge in [0, 0.05) is 25.7 Å². The minimum absolute atomic E-state index is 0.117. The maximum Gasteiger partial charge on any atom is 0.324 e. The zero-order chi connectivity index (χ0) is 22.5. The lowest BCUT2D eigenvalue weighted by Gasteiger charge is -2.37. The number of methoxy groups -OCH3 is 1. The van der Waals surface area contributed by atoms with Crippen molar-refractivity contribution in [3.8, 4) is 5.75 Å². The normalized spacial score (nSPS) is 20.1. The summed E-state index contributed by atoms with van der Waals surface area (Å²) in [5, 5.41) is 10.1. The number of piperidine rings is 2. The van der Waals surface area contributed by atoms with Crippen LogP contribution in [0.2, 0.25) is 0 Å². The molecule has 9 nitrogen and oxygen atoms in total. The van der Waals surface area contributed by atoms with Gasteiger partial charge in [0.15, 0.2) is 0 Å². The fourth-order valence-electron chi connectivity index (χ4n) is 4.68. The molecule has 0 radical (unpaired) electrons. The number of amides is 3. The third kappa shape index (κ3) is 5.04. The number of benzene rings is 1. The summed E-state index contributed by atoms with van der Waals surface area (Å²) in [6.07, 6.45) is 5.39. The molecule has 0 bridgehead atoms. The average Bonchev–Trinajstić information content (AvgIpc) is 3.27. The Labute approximate surface area is 188 Å². The zero-order valence-corrected chi connectivity index (χ0v) is 18.8. The van der Waals surface area contributed by atoms with Crippen LogP contribution >= 0.6 is 0 Å². The van der Waals surface area contributed by atoms with Crippen LogP contribution in [0.15, 0.2) is 36.5 Å². The molecule has 0 saturated carbocycles. The Morgan fingerprint density at radius 1 is 1.06 bits per heavy atom. The van der Waals surface area contributed by atoms with Crippen molar-refractivity contribution in [1.82, 2.24) is 19.6 Å². The van der Waals surface area contributed by atoms with Crippen molar-refractivity contribution >= 4 is 23.4 Å². The predicted octanol–water partition coefficient (Wildman–Crippen LogP) is 3.04. The number of rotatable bonds is 5. The first-order valence-corrected chi connectivity index (χ1v) is 11.3. The highest BCUT2D eigenvalue weighted by Crippen LogP contribution is 2.28. The standard InChI is InChI=1S/C23H32N6O3/c1-27-13-5-6-17(16-27)22(30)28-14-10-18(11-15-28)29-21(9-12-24-29)26-23(31)25-19-7-3-4-8-20(19)32-2/h3-4,7-9,12,17-18H,5-6,10-11,13-16H2,1-2H3,(H2,25,26,31)/t17-/m1/s1. The van der Waals surface area contributed by atoms with Gasteiger partial charge < -0.3 is 19.9 Å². The van der Waals surface area contributed by atoms with E-state index in [0.717, 1.165) is 51.9 Å². The first-order valence-electron chi connectivity index (χ1n) is 11.3. The lowest BCUT2D eigenvalue weighted by Crippen LogP contribution is -2.46. The molecule has 2 aliphatic rings. The molecule has 2 aliphatic heterocycles. The van der Waals surface area contributed by atoms with Crippen LogP contribution in [0.25, 0.3) is 0 Å². The fraction of sp³-hybridized carbons (Fsp3) is 0.522. The molecule has 2 N–H and O–H groups in total. The lowest BCUT2D eigenvalue weighted by molar-refractivity contribution is -0.138. The van der Waals surface area contributed by atoms with Crippen molar-refractivity contribution < 1.29 is 14.3 Å². The smallest absolute Gasteiger partial charge is 0.324 e. The zero-order valence-electron chi connectivity index (χ0n) is 18.8. The van der Waals surface area contributed by atoms with Crippen LogP contribution in [0.4, 0.5) is 16.3 Å². The molecule has 2 saturated heterocycles. The Balaban J connectivity index is 1.33. The average molecular weight is 441 g/mol. The number of urea groups is 1. The molecule has 9 heteroatoms. The van der Waals surface area contributed by atoms with Gasteiger partial charge in [-0.15, -0.1) is 0 Å². The summed E-state index contributed by atoms with van der Waals surface area (Å²) < 4.78 is 7.14. The van der Waals surface area contributed by atoms with Crippen LogP contribution in [-0.4, -0.2) is 71.9 Å². The van der Waals surface area contributed by atoms with Gasteiger partial charge >= 0.3 is 6.03 Å². The summed E-state index contributed by atoms with van der Waals surface area (Å²) in [4.78, 5) is 29.7. The predicted molar refractivity (Wildman–Crippen MR) is 123 cm³/mol. The Morgan fingerprint density at radius 3 is 2.59 bits per heavy atom.